The van der Waals surface area contributed by atoms with Gasteiger partial charge in [-0.2, -0.15) is 0 Å². The molecule has 1 atom stereocenters. The second-order valence-electron chi connectivity index (χ2n) is 8.72. The molecule has 0 heterocycles. The highest BCUT2D eigenvalue weighted by molar-refractivity contribution is 6.81. The minimum atomic E-state index is -1.65. The first-order valence-electron chi connectivity index (χ1n) is 9.73. The maximum atomic E-state index is 12.7. The van der Waals surface area contributed by atoms with Gasteiger partial charge in [-0.3, -0.25) is 4.79 Å². The molecule has 23 heavy (non-hydrogen) atoms. The fourth-order valence-electron chi connectivity index (χ4n) is 4.58. The topological polar surface area (TPSA) is 26.3 Å². The molecule has 0 spiro atoms. The van der Waals surface area contributed by atoms with E-state index in [1.165, 1.54) is 69.8 Å². The lowest BCUT2D eigenvalue weighted by Gasteiger charge is -2.36. The van der Waals surface area contributed by atoms with E-state index in [9.17, 15) is 4.79 Å². The molecular weight excluding hydrogens is 300 g/mol. The van der Waals surface area contributed by atoms with Crippen molar-refractivity contribution in [2.45, 2.75) is 89.4 Å². The van der Waals surface area contributed by atoms with Crippen molar-refractivity contribution < 1.29 is 9.53 Å². The summed E-state index contributed by atoms with van der Waals surface area (Å²) in [7, 11) is -0.0810. The van der Waals surface area contributed by atoms with Gasteiger partial charge in [0, 0.05) is 0 Å². The van der Waals surface area contributed by atoms with Crippen LogP contribution in [0.25, 0.3) is 0 Å². The first kappa shape index (κ1) is 18.8. The maximum Gasteiger partial charge on any atom is 0.309 e. The Morgan fingerprint density at radius 2 is 1.48 bits per heavy atom. The van der Waals surface area contributed by atoms with Gasteiger partial charge in [-0.1, -0.05) is 69.8 Å². The van der Waals surface area contributed by atoms with Crippen molar-refractivity contribution >= 4 is 14.0 Å². The molecule has 2 aliphatic rings. The average Bonchev–Trinajstić information content (AvgIpc) is 2.54. The van der Waals surface area contributed by atoms with E-state index in [4.69, 9.17) is 4.74 Å². The molecule has 132 valence electrons. The van der Waals surface area contributed by atoms with Crippen molar-refractivity contribution in [1.82, 2.24) is 0 Å². The van der Waals surface area contributed by atoms with Gasteiger partial charge in [0.15, 0.2) is 0 Å². The van der Waals surface area contributed by atoms with E-state index < -0.39 is 8.07 Å². The molecule has 0 bridgehead atoms. The van der Waals surface area contributed by atoms with Gasteiger partial charge in [0.1, 0.15) is 0 Å². The van der Waals surface area contributed by atoms with Crippen molar-refractivity contribution in [3.8, 4) is 0 Å². The maximum absolute atomic E-state index is 12.7. The zero-order valence-corrected chi connectivity index (χ0v) is 16.7. The molecule has 0 aromatic heterocycles. The fourth-order valence-corrected chi connectivity index (χ4v) is 6.74. The van der Waals surface area contributed by atoms with E-state index in [2.05, 4.69) is 25.7 Å². The third-order valence-corrected chi connectivity index (χ3v) is 8.09. The van der Waals surface area contributed by atoms with Crippen molar-refractivity contribution in [3.63, 3.8) is 0 Å². The first-order chi connectivity index (χ1) is 10.9. The second kappa shape index (κ2) is 8.50. The summed E-state index contributed by atoms with van der Waals surface area (Å²) in [6.45, 7) is 6.98. The monoisotopic (exact) mass is 336 g/mol. The zero-order valence-electron chi connectivity index (χ0n) is 15.7. The number of rotatable bonds is 5. The van der Waals surface area contributed by atoms with Crippen molar-refractivity contribution in [2.24, 2.45) is 11.8 Å². The lowest BCUT2D eigenvalue weighted by molar-refractivity contribution is -0.140. The summed E-state index contributed by atoms with van der Waals surface area (Å²) in [5.41, 5.74) is 1.53. The molecular formula is C20H36O2Si. The number of carbonyl (C=O) groups excluding carboxylic acids is 1. The third kappa shape index (κ3) is 5.20. The fraction of sp³-hybridized carbons (Fsp3) is 0.850. The van der Waals surface area contributed by atoms with Crippen LogP contribution in [0, 0.1) is 11.8 Å². The second-order valence-corrected chi connectivity index (χ2v) is 14.0. The predicted octanol–water partition coefficient (Wildman–Crippen LogP) is 5.95. The first-order valence-corrected chi connectivity index (χ1v) is 13.3. The van der Waals surface area contributed by atoms with Gasteiger partial charge in [-0.15, -0.1) is 0 Å². The van der Waals surface area contributed by atoms with Gasteiger partial charge in [-0.05, 0) is 37.5 Å². The number of esters is 1. The number of hydrogen-bond acceptors (Lipinski definition) is 2. The Labute approximate surface area is 144 Å². The van der Waals surface area contributed by atoms with Crippen LogP contribution < -0.4 is 0 Å². The molecule has 0 aromatic carbocycles. The molecule has 0 amide bonds. The van der Waals surface area contributed by atoms with Gasteiger partial charge in [-0.25, -0.2) is 0 Å². The number of hydrogen-bond donors (Lipinski definition) is 0. The lowest BCUT2D eigenvalue weighted by atomic mass is 9.79. The Hall–Kier alpha value is -0.573. The van der Waals surface area contributed by atoms with Crippen LogP contribution in [0.15, 0.2) is 11.6 Å². The van der Waals surface area contributed by atoms with Gasteiger partial charge in [0.25, 0.3) is 0 Å². The standard InChI is InChI=1S/C20H36O2Si/c1-22-20(21)19(23(2,3)4)18(17-13-9-6-10-14-17)15-16-11-7-5-8-12-16/h15-17,19H,5-14H2,1-4H3/b18-15-. The van der Waals surface area contributed by atoms with Crippen LogP contribution >= 0.6 is 0 Å². The predicted molar refractivity (Wildman–Crippen MR) is 100 cm³/mol. The van der Waals surface area contributed by atoms with Crippen LogP contribution in [-0.2, 0) is 9.53 Å². The van der Waals surface area contributed by atoms with E-state index in [-0.39, 0.29) is 11.5 Å². The number of methoxy groups -OCH3 is 1. The molecule has 2 nitrogen and oxygen atoms in total. The normalized spacial score (nSPS) is 23.6. The third-order valence-electron chi connectivity index (χ3n) is 5.79. The molecule has 3 heteroatoms. The van der Waals surface area contributed by atoms with Crippen molar-refractivity contribution in [2.75, 3.05) is 7.11 Å². The van der Waals surface area contributed by atoms with E-state index in [1.807, 2.05) is 0 Å². The highest BCUT2D eigenvalue weighted by Gasteiger charge is 2.40. The van der Waals surface area contributed by atoms with Gasteiger partial charge < -0.3 is 4.74 Å². The minimum absolute atomic E-state index is 0.0248. The van der Waals surface area contributed by atoms with Crippen LogP contribution in [0.4, 0.5) is 0 Å². The molecule has 0 N–H and O–H groups in total. The Morgan fingerprint density at radius 3 is 1.96 bits per heavy atom. The summed E-state index contributed by atoms with van der Waals surface area (Å²) in [4.78, 5) is 12.7. The van der Waals surface area contributed by atoms with Gasteiger partial charge >= 0.3 is 5.97 Å². The average molecular weight is 337 g/mol. The zero-order chi connectivity index (χ0) is 16.9. The molecule has 2 rings (SSSR count). The van der Waals surface area contributed by atoms with Gasteiger partial charge in [0.2, 0.25) is 0 Å². The van der Waals surface area contributed by atoms with Crippen molar-refractivity contribution in [1.29, 1.82) is 0 Å². The SMILES string of the molecule is COC(=O)C(/C(=C\C1CCCCC1)C1CCCCC1)[Si](C)(C)C. The summed E-state index contributed by atoms with van der Waals surface area (Å²) < 4.78 is 5.25. The number of carbonyl (C=O) groups is 1. The van der Waals surface area contributed by atoms with Crippen LogP contribution in [0.1, 0.15) is 64.2 Å². The summed E-state index contributed by atoms with van der Waals surface area (Å²) in [6.07, 6.45) is 15.8. The number of allylic oxidation sites excluding steroid dienone is 1. The molecule has 1 unspecified atom stereocenters. The van der Waals surface area contributed by atoms with E-state index in [1.54, 1.807) is 7.11 Å². The van der Waals surface area contributed by atoms with Crippen LogP contribution in [0.3, 0.4) is 0 Å². The van der Waals surface area contributed by atoms with Crippen LogP contribution in [-0.4, -0.2) is 21.2 Å². The smallest absolute Gasteiger partial charge is 0.309 e. The molecule has 0 radical (unpaired) electrons. The van der Waals surface area contributed by atoms with Gasteiger partial charge in [0.05, 0.1) is 20.7 Å². The minimum Gasteiger partial charge on any atom is -0.469 e. The summed E-state index contributed by atoms with van der Waals surface area (Å²) in [6, 6.07) is 0. The van der Waals surface area contributed by atoms with E-state index >= 15 is 0 Å². The quantitative estimate of drug-likeness (QED) is 0.352. The molecule has 2 fully saturated rings. The summed E-state index contributed by atoms with van der Waals surface area (Å²) >= 11 is 0. The number of ether oxygens (including phenoxy) is 1. The Morgan fingerprint density at radius 1 is 0.957 bits per heavy atom. The van der Waals surface area contributed by atoms with Crippen LogP contribution in [0.5, 0.6) is 0 Å². The highest BCUT2D eigenvalue weighted by atomic mass is 28.3. The highest BCUT2D eigenvalue weighted by Crippen LogP contribution is 2.43. The molecule has 2 saturated carbocycles. The Balaban J connectivity index is 2.32. The Kier molecular flexibility index (Phi) is 6.94. The lowest BCUT2D eigenvalue weighted by Crippen LogP contribution is -2.38. The van der Waals surface area contributed by atoms with Crippen molar-refractivity contribution in [3.05, 3.63) is 11.6 Å². The van der Waals surface area contributed by atoms with E-state index in [0.29, 0.717) is 11.8 Å². The molecule has 2 aliphatic carbocycles. The van der Waals surface area contributed by atoms with Crippen LogP contribution in [0.2, 0.25) is 25.2 Å². The largest absolute Gasteiger partial charge is 0.469 e. The molecule has 0 aliphatic heterocycles. The summed E-state index contributed by atoms with van der Waals surface area (Å²) in [5, 5.41) is 0. The Bertz CT molecular complexity index is 410. The molecule has 0 aromatic rings. The molecule has 0 saturated heterocycles. The summed E-state index contributed by atoms with van der Waals surface area (Å²) in [5.74, 6) is 1.35. The van der Waals surface area contributed by atoms with E-state index in [0.717, 1.165) is 0 Å².